The van der Waals surface area contributed by atoms with Gasteiger partial charge in [-0.15, -0.1) is 0 Å². The molecule has 0 unspecified atom stereocenters. The maximum atomic E-state index is 11.4. The Morgan fingerprint density at radius 2 is 2.00 bits per heavy atom. The van der Waals surface area contributed by atoms with Gasteiger partial charge in [0, 0.05) is 23.8 Å². The summed E-state index contributed by atoms with van der Waals surface area (Å²) in [4.78, 5) is 21.4. The van der Waals surface area contributed by atoms with E-state index in [4.69, 9.17) is 23.8 Å². The third-order valence-electron chi connectivity index (χ3n) is 3.59. The minimum Gasteiger partial charge on any atom is -0.341 e. The van der Waals surface area contributed by atoms with Crippen molar-refractivity contribution in [2.24, 2.45) is 0 Å². The van der Waals surface area contributed by atoms with Crippen LogP contribution in [0, 0.1) is 17.0 Å². The van der Waals surface area contributed by atoms with Crippen LogP contribution >= 0.6 is 23.8 Å². The lowest BCUT2D eigenvalue weighted by atomic mass is 10.3. The van der Waals surface area contributed by atoms with Crippen LogP contribution in [0.5, 0.6) is 0 Å². The van der Waals surface area contributed by atoms with Crippen LogP contribution in [0.1, 0.15) is 19.5 Å². The van der Waals surface area contributed by atoms with E-state index in [1.807, 2.05) is 18.7 Å². The van der Waals surface area contributed by atoms with Crippen molar-refractivity contribution < 1.29 is 4.92 Å². The minimum absolute atomic E-state index is 0.0453. The second kappa shape index (κ2) is 8.72. The fraction of sp³-hybridized carbons (Fsp3) is 0.312. The van der Waals surface area contributed by atoms with Gasteiger partial charge < -0.3 is 15.5 Å². The van der Waals surface area contributed by atoms with E-state index in [1.54, 1.807) is 31.2 Å². The first-order valence-corrected chi connectivity index (χ1v) is 8.75. The van der Waals surface area contributed by atoms with Crippen molar-refractivity contribution in [1.82, 2.24) is 9.97 Å². The van der Waals surface area contributed by atoms with Gasteiger partial charge in [-0.05, 0) is 51.2 Å². The molecule has 0 aliphatic heterocycles. The standard InChI is InChI=1S/C16H19ClN6O2S/c1-4-22(5-2)15-18-10(3)13(23(24)25)14(20-15)21-16(26)19-12-8-6-7-11(17)9-12/h6-9H,4-5H2,1-3H3,(H2,18,19,20,21,26). The largest absolute Gasteiger partial charge is 0.341 e. The summed E-state index contributed by atoms with van der Waals surface area (Å²) in [7, 11) is 0. The molecule has 0 spiro atoms. The summed E-state index contributed by atoms with van der Waals surface area (Å²) < 4.78 is 0. The van der Waals surface area contributed by atoms with Crippen molar-refractivity contribution in [2.75, 3.05) is 28.6 Å². The summed E-state index contributed by atoms with van der Waals surface area (Å²) >= 11 is 11.2. The molecule has 138 valence electrons. The number of aromatic nitrogens is 2. The highest BCUT2D eigenvalue weighted by Crippen LogP contribution is 2.28. The normalized spacial score (nSPS) is 10.3. The Morgan fingerprint density at radius 1 is 1.31 bits per heavy atom. The summed E-state index contributed by atoms with van der Waals surface area (Å²) in [6.45, 7) is 6.85. The van der Waals surface area contributed by atoms with Crippen molar-refractivity contribution in [3.63, 3.8) is 0 Å². The highest BCUT2D eigenvalue weighted by molar-refractivity contribution is 7.80. The number of nitro groups is 1. The Labute approximate surface area is 161 Å². The number of anilines is 3. The molecule has 0 bridgehead atoms. The van der Waals surface area contributed by atoms with E-state index in [1.165, 1.54) is 0 Å². The van der Waals surface area contributed by atoms with Crippen LogP contribution in [0.2, 0.25) is 5.02 Å². The van der Waals surface area contributed by atoms with E-state index in [0.29, 0.717) is 29.7 Å². The molecular formula is C16H19ClN6O2S. The van der Waals surface area contributed by atoms with Gasteiger partial charge in [0.15, 0.2) is 5.11 Å². The second-order valence-corrected chi connectivity index (χ2v) is 6.17. The Kier molecular flexibility index (Phi) is 6.64. The van der Waals surface area contributed by atoms with Crippen LogP contribution in [0.25, 0.3) is 0 Å². The molecule has 2 aromatic rings. The molecule has 10 heteroatoms. The topological polar surface area (TPSA) is 96.2 Å². The second-order valence-electron chi connectivity index (χ2n) is 5.33. The number of thiocarbonyl (C=S) groups is 1. The van der Waals surface area contributed by atoms with E-state index in [-0.39, 0.29) is 22.3 Å². The predicted octanol–water partition coefficient (Wildman–Crippen LogP) is 4.00. The highest BCUT2D eigenvalue weighted by atomic mass is 35.5. The van der Waals surface area contributed by atoms with Crippen LogP contribution in [-0.2, 0) is 0 Å². The molecule has 26 heavy (non-hydrogen) atoms. The van der Waals surface area contributed by atoms with E-state index in [9.17, 15) is 10.1 Å². The monoisotopic (exact) mass is 394 g/mol. The molecule has 2 N–H and O–H groups in total. The lowest BCUT2D eigenvalue weighted by Gasteiger charge is -2.20. The molecule has 1 aromatic carbocycles. The van der Waals surface area contributed by atoms with Gasteiger partial charge >= 0.3 is 5.69 Å². The molecule has 0 saturated carbocycles. The lowest BCUT2D eigenvalue weighted by molar-refractivity contribution is -0.385. The molecule has 0 fully saturated rings. The van der Waals surface area contributed by atoms with Gasteiger partial charge in [-0.3, -0.25) is 10.1 Å². The van der Waals surface area contributed by atoms with Crippen LogP contribution in [0.15, 0.2) is 24.3 Å². The Bertz CT molecular complexity index is 828. The Morgan fingerprint density at radius 3 is 2.58 bits per heavy atom. The number of nitrogens with one attached hydrogen (secondary N) is 2. The maximum Gasteiger partial charge on any atom is 0.332 e. The van der Waals surface area contributed by atoms with Gasteiger partial charge in [-0.1, -0.05) is 17.7 Å². The molecule has 0 aliphatic carbocycles. The van der Waals surface area contributed by atoms with E-state index >= 15 is 0 Å². The van der Waals surface area contributed by atoms with Gasteiger partial charge in [-0.25, -0.2) is 4.98 Å². The Hall–Kier alpha value is -2.52. The van der Waals surface area contributed by atoms with Gasteiger partial charge in [0.2, 0.25) is 11.8 Å². The summed E-state index contributed by atoms with van der Waals surface area (Å²) in [6.07, 6.45) is 0. The van der Waals surface area contributed by atoms with E-state index in [0.717, 1.165) is 0 Å². The average molecular weight is 395 g/mol. The first-order valence-electron chi connectivity index (χ1n) is 7.97. The van der Waals surface area contributed by atoms with Crippen molar-refractivity contribution in [3.05, 3.63) is 45.1 Å². The molecule has 0 amide bonds. The van der Waals surface area contributed by atoms with Gasteiger partial charge in [0.25, 0.3) is 0 Å². The molecule has 1 heterocycles. The third-order valence-corrected chi connectivity index (χ3v) is 4.03. The number of halogens is 1. The van der Waals surface area contributed by atoms with Crippen LogP contribution in [0.3, 0.4) is 0 Å². The third kappa shape index (κ3) is 4.77. The lowest BCUT2D eigenvalue weighted by Crippen LogP contribution is -2.26. The summed E-state index contributed by atoms with van der Waals surface area (Å²) in [6, 6.07) is 6.97. The number of hydrogen-bond acceptors (Lipinski definition) is 6. The quantitative estimate of drug-likeness (QED) is 0.431. The van der Waals surface area contributed by atoms with Crippen molar-refractivity contribution in [2.45, 2.75) is 20.8 Å². The molecule has 0 atom stereocenters. The number of rotatable bonds is 6. The number of hydrogen-bond donors (Lipinski definition) is 2. The highest BCUT2D eigenvalue weighted by Gasteiger charge is 2.24. The maximum absolute atomic E-state index is 11.4. The first-order chi connectivity index (χ1) is 12.3. The molecule has 0 aliphatic rings. The fourth-order valence-corrected chi connectivity index (χ4v) is 2.75. The molecular weight excluding hydrogens is 376 g/mol. The summed E-state index contributed by atoms with van der Waals surface area (Å²) in [5.41, 5.74) is 0.712. The predicted molar refractivity (Wildman–Crippen MR) is 108 cm³/mol. The smallest absolute Gasteiger partial charge is 0.332 e. The van der Waals surface area contributed by atoms with Crippen molar-refractivity contribution in [3.8, 4) is 0 Å². The summed E-state index contributed by atoms with van der Waals surface area (Å²) in [5.74, 6) is 0.454. The Balaban J connectivity index is 2.33. The van der Waals surface area contributed by atoms with E-state index < -0.39 is 4.92 Å². The molecule has 0 saturated heterocycles. The summed E-state index contributed by atoms with van der Waals surface area (Å²) in [5, 5.41) is 17.9. The van der Waals surface area contributed by atoms with Crippen molar-refractivity contribution >= 4 is 52.1 Å². The average Bonchev–Trinajstić information content (AvgIpc) is 2.55. The fourth-order valence-electron chi connectivity index (χ4n) is 2.34. The molecule has 1 aromatic heterocycles. The van der Waals surface area contributed by atoms with Crippen LogP contribution < -0.4 is 15.5 Å². The number of nitrogens with zero attached hydrogens (tertiary/aromatic N) is 4. The van der Waals surface area contributed by atoms with Crippen LogP contribution in [-0.4, -0.2) is 33.1 Å². The zero-order chi connectivity index (χ0) is 19.3. The SMILES string of the molecule is CCN(CC)c1nc(C)c([N+](=O)[O-])c(NC(=S)Nc2cccc(Cl)c2)n1. The van der Waals surface area contributed by atoms with E-state index in [2.05, 4.69) is 20.6 Å². The number of aryl methyl sites for hydroxylation is 1. The zero-order valence-electron chi connectivity index (χ0n) is 14.6. The van der Waals surface area contributed by atoms with Gasteiger partial charge in [0.1, 0.15) is 5.69 Å². The van der Waals surface area contributed by atoms with Gasteiger partial charge in [0.05, 0.1) is 4.92 Å². The minimum atomic E-state index is -0.522. The molecule has 2 rings (SSSR count). The van der Waals surface area contributed by atoms with Crippen molar-refractivity contribution in [1.29, 1.82) is 0 Å². The van der Waals surface area contributed by atoms with Crippen LogP contribution in [0.4, 0.5) is 23.1 Å². The number of benzene rings is 1. The first kappa shape index (κ1) is 19.8. The van der Waals surface area contributed by atoms with Gasteiger partial charge in [-0.2, -0.15) is 4.98 Å². The molecule has 0 radical (unpaired) electrons. The molecule has 8 nitrogen and oxygen atoms in total. The zero-order valence-corrected chi connectivity index (χ0v) is 16.2.